The molecule has 25 heavy (non-hydrogen) atoms. The van der Waals surface area contributed by atoms with Crippen molar-refractivity contribution in [1.29, 1.82) is 0 Å². The molecule has 0 amide bonds. The van der Waals surface area contributed by atoms with Gasteiger partial charge in [0.15, 0.2) is 12.4 Å². The van der Waals surface area contributed by atoms with Crippen molar-refractivity contribution in [1.82, 2.24) is 0 Å². The Bertz CT molecular complexity index is 481. The number of carboxylic acid groups (broad SMARTS) is 1. The van der Waals surface area contributed by atoms with Crippen molar-refractivity contribution in [3.63, 3.8) is 0 Å². The normalized spacial score (nSPS) is 38.8. The van der Waals surface area contributed by atoms with Crippen LogP contribution in [0.2, 0.25) is 0 Å². The van der Waals surface area contributed by atoms with Gasteiger partial charge in [0.05, 0.1) is 19.3 Å². The van der Waals surface area contributed by atoms with E-state index in [4.69, 9.17) is 24.4 Å². The number of hydrogen-bond acceptors (Lipinski definition) is 9. The first-order chi connectivity index (χ1) is 11.8. The first kappa shape index (κ1) is 20.0. The van der Waals surface area contributed by atoms with Crippen molar-refractivity contribution in [3.8, 4) is 0 Å². The molecule has 6 N–H and O–H groups in total. The lowest BCUT2D eigenvalue weighted by atomic mass is 9.92. The largest absolute Gasteiger partial charge is 0.478 e. The Morgan fingerprint density at radius 3 is 2.60 bits per heavy atom. The lowest BCUT2D eigenvalue weighted by molar-refractivity contribution is -0.237. The standard InChI is InChI=1S/C15H24O10/c16-5-11-8(17)3-7(15(22)25-11)1-2-23-6-12-13(19)9(18)4-10(24-12)14(20)21/h4,7-9,11-13,15-19,22H,1-3,5-6H2,(H,20,21)/t7?,8-,9?,11?,12?,13?,15?/m0/s1. The second-order valence-electron chi connectivity index (χ2n) is 6.15. The summed E-state index contributed by atoms with van der Waals surface area (Å²) in [6.07, 6.45) is -5.08. The highest BCUT2D eigenvalue weighted by Crippen LogP contribution is 2.27. The minimum absolute atomic E-state index is 0.135. The third-order valence-corrected chi connectivity index (χ3v) is 4.33. The van der Waals surface area contributed by atoms with Gasteiger partial charge in [0, 0.05) is 12.5 Å². The van der Waals surface area contributed by atoms with Gasteiger partial charge in [-0.3, -0.25) is 0 Å². The van der Waals surface area contributed by atoms with Gasteiger partial charge in [0.1, 0.15) is 18.3 Å². The molecule has 6 unspecified atom stereocenters. The van der Waals surface area contributed by atoms with Crippen molar-refractivity contribution in [2.45, 2.75) is 49.7 Å². The second kappa shape index (κ2) is 8.90. The summed E-state index contributed by atoms with van der Waals surface area (Å²) in [6.45, 7) is -0.412. The zero-order chi connectivity index (χ0) is 18.6. The molecule has 0 radical (unpaired) electrons. The van der Waals surface area contributed by atoms with Gasteiger partial charge >= 0.3 is 5.97 Å². The van der Waals surface area contributed by atoms with Crippen LogP contribution >= 0.6 is 0 Å². The van der Waals surface area contributed by atoms with Crippen LogP contribution in [0.15, 0.2) is 11.8 Å². The molecule has 2 aliphatic heterocycles. The molecule has 2 aliphatic rings. The van der Waals surface area contributed by atoms with Crippen LogP contribution in [0, 0.1) is 5.92 Å². The van der Waals surface area contributed by atoms with Gasteiger partial charge in [-0.2, -0.15) is 0 Å². The molecule has 2 heterocycles. The predicted molar refractivity (Wildman–Crippen MR) is 80.1 cm³/mol. The van der Waals surface area contributed by atoms with Gasteiger partial charge in [-0.1, -0.05) is 0 Å². The zero-order valence-corrected chi connectivity index (χ0v) is 13.5. The molecule has 1 fully saturated rings. The lowest BCUT2D eigenvalue weighted by Gasteiger charge is -2.36. The van der Waals surface area contributed by atoms with Crippen LogP contribution in [0.1, 0.15) is 12.8 Å². The van der Waals surface area contributed by atoms with Crippen LogP contribution in [0.3, 0.4) is 0 Å². The number of rotatable bonds is 7. The summed E-state index contributed by atoms with van der Waals surface area (Å²) in [5.41, 5.74) is 0. The highest BCUT2D eigenvalue weighted by molar-refractivity contribution is 5.84. The summed E-state index contributed by atoms with van der Waals surface area (Å²) in [7, 11) is 0. The summed E-state index contributed by atoms with van der Waals surface area (Å²) < 4.78 is 15.5. The SMILES string of the molecule is O=C(O)C1=CC(O)C(O)C(COCCC2C[C@H](O)C(CO)OC2O)O1. The highest BCUT2D eigenvalue weighted by atomic mass is 16.6. The van der Waals surface area contributed by atoms with Crippen LogP contribution in [0.25, 0.3) is 0 Å². The number of hydrogen-bond donors (Lipinski definition) is 6. The monoisotopic (exact) mass is 364 g/mol. The molecule has 2 rings (SSSR count). The molecule has 10 heteroatoms. The number of carbonyl (C=O) groups is 1. The maximum absolute atomic E-state index is 10.9. The quantitative estimate of drug-likeness (QED) is 0.267. The predicted octanol–water partition coefficient (Wildman–Crippen LogP) is -2.44. The molecule has 0 aromatic rings. The van der Waals surface area contributed by atoms with Gasteiger partial charge in [-0.15, -0.1) is 0 Å². The van der Waals surface area contributed by atoms with Gasteiger partial charge in [-0.25, -0.2) is 4.79 Å². The van der Waals surface area contributed by atoms with Crippen molar-refractivity contribution < 1.29 is 49.6 Å². The molecule has 10 nitrogen and oxygen atoms in total. The molecule has 144 valence electrons. The second-order valence-corrected chi connectivity index (χ2v) is 6.15. The minimum Gasteiger partial charge on any atom is -0.478 e. The van der Waals surface area contributed by atoms with Crippen molar-refractivity contribution in [3.05, 3.63) is 11.8 Å². The average molecular weight is 364 g/mol. The number of ether oxygens (including phenoxy) is 3. The molecular weight excluding hydrogens is 340 g/mol. The van der Waals surface area contributed by atoms with Gasteiger partial charge in [0.2, 0.25) is 5.76 Å². The van der Waals surface area contributed by atoms with E-state index in [1.807, 2.05) is 0 Å². The Labute approximate surface area is 143 Å². The van der Waals surface area contributed by atoms with Gasteiger partial charge in [0.25, 0.3) is 0 Å². The van der Waals surface area contributed by atoms with E-state index in [2.05, 4.69) is 0 Å². The Morgan fingerprint density at radius 2 is 1.96 bits per heavy atom. The van der Waals surface area contributed by atoms with E-state index < -0.39 is 54.5 Å². The smallest absolute Gasteiger partial charge is 0.370 e. The molecule has 0 aliphatic carbocycles. The highest BCUT2D eigenvalue weighted by Gasteiger charge is 2.37. The third-order valence-electron chi connectivity index (χ3n) is 4.33. The Kier molecular flexibility index (Phi) is 7.14. The molecule has 0 aromatic carbocycles. The van der Waals surface area contributed by atoms with E-state index >= 15 is 0 Å². The van der Waals surface area contributed by atoms with Crippen LogP contribution in [0.4, 0.5) is 0 Å². The average Bonchev–Trinajstić information content (AvgIpc) is 2.57. The molecule has 7 atom stereocenters. The summed E-state index contributed by atoms with van der Waals surface area (Å²) in [5, 5.41) is 56.9. The topological polar surface area (TPSA) is 166 Å². The fourth-order valence-corrected chi connectivity index (χ4v) is 2.82. The number of carboxylic acids is 1. The fraction of sp³-hybridized carbons (Fsp3) is 0.800. The maximum atomic E-state index is 10.9. The van der Waals surface area contributed by atoms with Crippen LogP contribution in [-0.4, -0.2) is 93.2 Å². The first-order valence-corrected chi connectivity index (χ1v) is 8.01. The molecule has 0 saturated carbocycles. The first-order valence-electron chi connectivity index (χ1n) is 8.01. The van der Waals surface area contributed by atoms with E-state index in [1.165, 1.54) is 0 Å². The van der Waals surface area contributed by atoms with E-state index in [-0.39, 0.29) is 26.2 Å². The van der Waals surface area contributed by atoms with E-state index in [0.717, 1.165) is 6.08 Å². The summed E-state index contributed by atoms with van der Waals surface area (Å²) in [6, 6.07) is 0. The summed E-state index contributed by atoms with van der Waals surface area (Å²) in [4.78, 5) is 10.9. The van der Waals surface area contributed by atoms with Crippen LogP contribution < -0.4 is 0 Å². The third kappa shape index (κ3) is 5.11. The Morgan fingerprint density at radius 1 is 1.24 bits per heavy atom. The maximum Gasteiger partial charge on any atom is 0.370 e. The molecule has 0 spiro atoms. The molecule has 1 saturated heterocycles. The Hall–Kier alpha value is -1.27. The molecule has 0 aromatic heterocycles. The number of aliphatic hydroxyl groups is 5. The van der Waals surface area contributed by atoms with Crippen molar-refractivity contribution in [2.24, 2.45) is 5.92 Å². The minimum atomic E-state index is -1.37. The van der Waals surface area contributed by atoms with E-state index in [1.54, 1.807) is 0 Å². The summed E-state index contributed by atoms with van der Waals surface area (Å²) >= 11 is 0. The van der Waals surface area contributed by atoms with E-state index in [9.17, 15) is 25.2 Å². The van der Waals surface area contributed by atoms with Gasteiger partial charge in [-0.05, 0) is 18.9 Å². The summed E-state index contributed by atoms with van der Waals surface area (Å²) in [5.74, 6) is -2.21. The van der Waals surface area contributed by atoms with Crippen molar-refractivity contribution in [2.75, 3.05) is 19.8 Å². The number of aliphatic hydroxyl groups excluding tert-OH is 5. The van der Waals surface area contributed by atoms with Crippen LogP contribution in [-0.2, 0) is 19.0 Å². The van der Waals surface area contributed by atoms with E-state index in [0.29, 0.717) is 6.42 Å². The number of aliphatic carboxylic acids is 1. The molecule has 0 bridgehead atoms. The Balaban J connectivity index is 1.76. The van der Waals surface area contributed by atoms with Crippen LogP contribution in [0.5, 0.6) is 0 Å². The lowest BCUT2D eigenvalue weighted by Crippen LogP contribution is -2.46. The van der Waals surface area contributed by atoms with Gasteiger partial charge < -0.3 is 44.8 Å². The molecular formula is C15H24O10. The van der Waals surface area contributed by atoms with Crippen molar-refractivity contribution >= 4 is 5.97 Å². The zero-order valence-electron chi connectivity index (χ0n) is 13.5. The fourth-order valence-electron chi connectivity index (χ4n) is 2.82.